The van der Waals surface area contributed by atoms with Crippen LogP contribution in [0.4, 0.5) is 11.4 Å². The third kappa shape index (κ3) is 4.32. The largest absolute Gasteiger partial charge is 0.354 e. The summed E-state index contributed by atoms with van der Waals surface area (Å²) < 4.78 is 0. The fraction of sp³-hybridized carbons (Fsp3) is 0.333. The van der Waals surface area contributed by atoms with E-state index in [1.165, 1.54) is 5.56 Å². The van der Waals surface area contributed by atoms with Crippen LogP contribution in [-0.4, -0.2) is 16.4 Å². The zero-order chi connectivity index (χ0) is 16.3. The third-order valence-corrected chi connectivity index (χ3v) is 3.16. The molecule has 0 fully saturated rings. The molecule has 4 heteroatoms. The van der Waals surface area contributed by atoms with Crippen LogP contribution in [0.1, 0.15) is 42.3 Å². The van der Waals surface area contributed by atoms with Crippen molar-refractivity contribution >= 4 is 17.3 Å². The molecule has 2 aromatic rings. The summed E-state index contributed by atoms with van der Waals surface area (Å²) in [6.07, 6.45) is 3.30. The molecule has 0 saturated heterocycles. The van der Waals surface area contributed by atoms with E-state index in [4.69, 9.17) is 0 Å². The molecule has 22 heavy (non-hydrogen) atoms. The molecule has 0 bridgehead atoms. The fourth-order valence-corrected chi connectivity index (χ4v) is 2.07. The van der Waals surface area contributed by atoms with Crippen molar-refractivity contribution in [2.24, 2.45) is 0 Å². The number of hydrogen-bond donors (Lipinski definition) is 2. The molecule has 0 radical (unpaired) electrons. The first-order valence-corrected chi connectivity index (χ1v) is 7.36. The summed E-state index contributed by atoms with van der Waals surface area (Å²) in [4.78, 5) is 16.4. The van der Waals surface area contributed by atoms with Crippen LogP contribution in [-0.2, 0) is 0 Å². The van der Waals surface area contributed by atoms with Crippen molar-refractivity contribution in [3.63, 3.8) is 0 Å². The highest BCUT2D eigenvalue weighted by molar-refractivity contribution is 5.95. The van der Waals surface area contributed by atoms with Gasteiger partial charge in [-0.2, -0.15) is 0 Å². The Balaban J connectivity index is 2.22. The summed E-state index contributed by atoms with van der Waals surface area (Å²) >= 11 is 0. The van der Waals surface area contributed by atoms with Crippen molar-refractivity contribution in [2.45, 2.75) is 40.2 Å². The van der Waals surface area contributed by atoms with Gasteiger partial charge < -0.3 is 10.6 Å². The minimum absolute atomic E-state index is 0.121. The molecule has 0 unspecified atom stereocenters. The highest BCUT2D eigenvalue weighted by atomic mass is 16.1. The summed E-state index contributed by atoms with van der Waals surface area (Å²) in [5, 5.41) is 6.27. The number of aryl methyl sites for hydroxylation is 2. The van der Waals surface area contributed by atoms with E-state index < -0.39 is 0 Å². The number of aromatic nitrogens is 1. The van der Waals surface area contributed by atoms with Crippen LogP contribution in [0.25, 0.3) is 0 Å². The predicted molar refractivity (Wildman–Crippen MR) is 90.7 cm³/mol. The number of pyridine rings is 1. The normalized spacial score (nSPS) is 11.1. The van der Waals surface area contributed by atoms with Gasteiger partial charge in [0.1, 0.15) is 0 Å². The average Bonchev–Trinajstić information content (AvgIpc) is 2.41. The Morgan fingerprint density at radius 1 is 1.09 bits per heavy atom. The van der Waals surface area contributed by atoms with Gasteiger partial charge in [0.25, 0.3) is 5.91 Å². The topological polar surface area (TPSA) is 54.0 Å². The SMILES string of the molecule is Cc1ccc(C)c(Nc2cncc(C(=O)NC(C)(C)C)c2)c1. The number of benzene rings is 1. The van der Waals surface area contributed by atoms with Crippen molar-refractivity contribution in [3.05, 3.63) is 53.3 Å². The molecular formula is C18H23N3O. The van der Waals surface area contributed by atoms with Crippen molar-refractivity contribution in [1.29, 1.82) is 0 Å². The molecule has 1 aromatic heterocycles. The molecule has 0 aliphatic heterocycles. The molecule has 0 saturated carbocycles. The zero-order valence-electron chi connectivity index (χ0n) is 13.8. The Bertz CT molecular complexity index is 687. The number of carbonyl (C=O) groups excluding carboxylic acids is 1. The Morgan fingerprint density at radius 2 is 1.82 bits per heavy atom. The van der Waals surface area contributed by atoms with Crippen LogP contribution in [0.5, 0.6) is 0 Å². The van der Waals surface area contributed by atoms with Gasteiger partial charge in [0, 0.05) is 17.4 Å². The molecular weight excluding hydrogens is 274 g/mol. The molecule has 1 amide bonds. The van der Waals surface area contributed by atoms with Gasteiger partial charge in [-0.25, -0.2) is 0 Å². The van der Waals surface area contributed by atoms with Crippen LogP contribution in [0.15, 0.2) is 36.7 Å². The lowest BCUT2D eigenvalue weighted by Gasteiger charge is -2.20. The molecule has 1 aromatic carbocycles. The van der Waals surface area contributed by atoms with E-state index in [0.29, 0.717) is 5.56 Å². The smallest absolute Gasteiger partial charge is 0.253 e. The van der Waals surface area contributed by atoms with Crippen LogP contribution in [0.2, 0.25) is 0 Å². The maximum atomic E-state index is 12.2. The van der Waals surface area contributed by atoms with E-state index in [1.807, 2.05) is 33.8 Å². The van der Waals surface area contributed by atoms with Crippen molar-refractivity contribution in [3.8, 4) is 0 Å². The van der Waals surface area contributed by atoms with Gasteiger partial charge in [-0.3, -0.25) is 9.78 Å². The van der Waals surface area contributed by atoms with Gasteiger partial charge in [-0.05, 0) is 57.9 Å². The molecule has 116 valence electrons. The fourth-order valence-electron chi connectivity index (χ4n) is 2.07. The van der Waals surface area contributed by atoms with E-state index in [1.54, 1.807) is 12.4 Å². The third-order valence-electron chi connectivity index (χ3n) is 3.16. The Morgan fingerprint density at radius 3 is 2.50 bits per heavy atom. The number of amides is 1. The first kappa shape index (κ1) is 16.0. The first-order valence-electron chi connectivity index (χ1n) is 7.36. The highest BCUT2D eigenvalue weighted by Gasteiger charge is 2.15. The lowest BCUT2D eigenvalue weighted by Crippen LogP contribution is -2.40. The maximum Gasteiger partial charge on any atom is 0.253 e. The molecule has 1 heterocycles. The molecule has 0 atom stereocenters. The number of nitrogens with zero attached hydrogens (tertiary/aromatic N) is 1. The Hall–Kier alpha value is -2.36. The summed E-state index contributed by atoms with van der Waals surface area (Å²) in [6.45, 7) is 9.96. The van der Waals surface area contributed by atoms with Gasteiger partial charge in [-0.15, -0.1) is 0 Å². The summed E-state index contributed by atoms with van der Waals surface area (Å²) in [5.74, 6) is -0.121. The zero-order valence-corrected chi connectivity index (χ0v) is 13.8. The number of rotatable bonds is 3. The van der Waals surface area contributed by atoms with Crippen molar-refractivity contribution in [2.75, 3.05) is 5.32 Å². The standard InChI is InChI=1S/C18H23N3O/c1-12-6-7-13(2)16(8-12)20-15-9-14(10-19-11-15)17(22)21-18(3,4)5/h6-11,20H,1-5H3,(H,21,22). The van der Waals surface area contributed by atoms with Crippen LogP contribution < -0.4 is 10.6 Å². The van der Waals surface area contributed by atoms with Crippen LogP contribution >= 0.6 is 0 Å². The first-order chi connectivity index (χ1) is 10.2. The maximum absolute atomic E-state index is 12.2. The average molecular weight is 297 g/mol. The summed E-state index contributed by atoms with van der Waals surface area (Å²) in [6, 6.07) is 8.04. The molecule has 0 aliphatic carbocycles. The number of nitrogens with one attached hydrogen (secondary N) is 2. The van der Waals surface area contributed by atoms with Crippen LogP contribution in [0.3, 0.4) is 0 Å². The van der Waals surface area contributed by atoms with E-state index in [0.717, 1.165) is 16.9 Å². The lowest BCUT2D eigenvalue weighted by atomic mass is 10.1. The second-order valence-electron chi connectivity index (χ2n) is 6.61. The number of carbonyl (C=O) groups is 1. The highest BCUT2D eigenvalue weighted by Crippen LogP contribution is 2.22. The molecule has 2 rings (SSSR count). The van der Waals surface area contributed by atoms with Crippen LogP contribution in [0, 0.1) is 13.8 Å². The minimum Gasteiger partial charge on any atom is -0.354 e. The minimum atomic E-state index is -0.270. The van der Waals surface area contributed by atoms with Gasteiger partial charge in [0.2, 0.25) is 0 Å². The molecule has 2 N–H and O–H groups in total. The number of hydrogen-bond acceptors (Lipinski definition) is 3. The Kier molecular flexibility index (Phi) is 4.50. The summed E-state index contributed by atoms with van der Waals surface area (Å²) in [7, 11) is 0. The predicted octanol–water partition coefficient (Wildman–Crippen LogP) is 3.97. The molecule has 0 aliphatic rings. The summed E-state index contributed by atoms with van der Waals surface area (Å²) in [5.41, 5.74) is 4.43. The van der Waals surface area contributed by atoms with Gasteiger partial charge in [-0.1, -0.05) is 12.1 Å². The van der Waals surface area contributed by atoms with Gasteiger partial charge in [0.15, 0.2) is 0 Å². The lowest BCUT2D eigenvalue weighted by molar-refractivity contribution is 0.0919. The Labute approximate surface area is 132 Å². The van der Waals surface area contributed by atoms with E-state index in [-0.39, 0.29) is 11.4 Å². The molecule has 0 spiro atoms. The monoisotopic (exact) mass is 297 g/mol. The van der Waals surface area contributed by atoms with Gasteiger partial charge >= 0.3 is 0 Å². The second-order valence-corrected chi connectivity index (χ2v) is 6.61. The van der Waals surface area contributed by atoms with Crippen molar-refractivity contribution in [1.82, 2.24) is 10.3 Å². The van der Waals surface area contributed by atoms with Crippen molar-refractivity contribution < 1.29 is 4.79 Å². The van der Waals surface area contributed by atoms with E-state index >= 15 is 0 Å². The van der Waals surface area contributed by atoms with E-state index in [2.05, 4.69) is 40.7 Å². The molecule has 4 nitrogen and oxygen atoms in total. The van der Waals surface area contributed by atoms with Gasteiger partial charge in [0.05, 0.1) is 17.4 Å². The quantitative estimate of drug-likeness (QED) is 0.901. The second kappa shape index (κ2) is 6.18. The van der Waals surface area contributed by atoms with E-state index in [9.17, 15) is 4.79 Å². The number of anilines is 2.